The van der Waals surface area contributed by atoms with Crippen LogP contribution in [0.1, 0.15) is 13.3 Å². The maximum atomic E-state index is 14.4. The normalized spacial score (nSPS) is 10.8. The summed E-state index contributed by atoms with van der Waals surface area (Å²) in [5.74, 6) is -2.58. The number of thioether (sulfide) groups is 1. The van der Waals surface area contributed by atoms with Gasteiger partial charge in [0.2, 0.25) is 5.91 Å². The molecule has 3 rings (SSSR count). The first-order valence-electron chi connectivity index (χ1n) is 9.08. The number of hydrogen-bond acceptors (Lipinski definition) is 5. The minimum absolute atomic E-state index is 0.0355. The van der Waals surface area contributed by atoms with Crippen LogP contribution in [0, 0.1) is 11.6 Å². The second-order valence-electron chi connectivity index (χ2n) is 6.24. The molecule has 3 aromatic rings. The number of halogens is 2. The van der Waals surface area contributed by atoms with Crippen molar-refractivity contribution in [2.75, 3.05) is 12.3 Å². The van der Waals surface area contributed by atoms with Gasteiger partial charge in [0.05, 0.1) is 22.3 Å². The molecule has 3 amide bonds. The number of benzene rings is 2. The molecule has 2 N–H and O–H groups in total. The van der Waals surface area contributed by atoms with Gasteiger partial charge in [-0.05, 0) is 30.7 Å². The maximum absolute atomic E-state index is 14.4. The summed E-state index contributed by atoms with van der Waals surface area (Å²) in [7, 11) is 0. The van der Waals surface area contributed by atoms with Crippen molar-refractivity contribution < 1.29 is 18.4 Å². The largest absolute Gasteiger partial charge is 0.338 e. The van der Waals surface area contributed by atoms with E-state index in [9.17, 15) is 23.2 Å². The van der Waals surface area contributed by atoms with Gasteiger partial charge in [0.25, 0.3) is 5.56 Å². The first-order chi connectivity index (χ1) is 14.4. The number of nitrogens with zero attached hydrogens (tertiary/aromatic N) is 2. The zero-order valence-electron chi connectivity index (χ0n) is 15.9. The summed E-state index contributed by atoms with van der Waals surface area (Å²) in [6.45, 7) is 2.29. The number of urea groups is 1. The third-order valence-electron chi connectivity index (χ3n) is 4.02. The molecule has 7 nitrogen and oxygen atoms in total. The Morgan fingerprint density at radius 1 is 1.17 bits per heavy atom. The fraction of sp³-hybridized carbons (Fsp3) is 0.200. The Bertz CT molecular complexity index is 1170. The van der Waals surface area contributed by atoms with E-state index in [1.54, 1.807) is 24.3 Å². The molecule has 0 saturated carbocycles. The van der Waals surface area contributed by atoms with Crippen LogP contribution in [-0.4, -0.2) is 33.8 Å². The minimum Gasteiger partial charge on any atom is -0.338 e. The molecule has 0 unspecified atom stereocenters. The summed E-state index contributed by atoms with van der Waals surface area (Å²) in [5, 5.41) is 4.95. The van der Waals surface area contributed by atoms with Crippen LogP contribution in [0.3, 0.4) is 0 Å². The number of fused-ring (bicyclic) bond motifs is 1. The smallest absolute Gasteiger partial charge is 0.321 e. The lowest BCUT2D eigenvalue weighted by Gasteiger charge is -2.14. The van der Waals surface area contributed by atoms with Crippen LogP contribution >= 0.6 is 11.8 Å². The van der Waals surface area contributed by atoms with Gasteiger partial charge in [-0.15, -0.1) is 0 Å². The minimum atomic E-state index is -0.945. The van der Waals surface area contributed by atoms with Crippen molar-refractivity contribution in [1.82, 2.24) is 20.2 Å². The van der Waals surface area contributed by atoms with Gasteiger partial charge in [-0.3, -0.25) is 19.5 Å². The summed E-state index contributed by atoms with van der Waals surface area (Å²) in [6.07, 6.45) is 0.715. The molecule has 1 aromatic heterocycles. The van der Waals surface area contributed by atoms with Crippen LogP contribution in [-0.2, 0) is 4.79 Å². The number of rotatable bonds is 6. The molecule has 0 radical (unpaired) electrons. The van der Waals surface area contributed by atoms with E-state index >= 15 is 0 Å². The molecule has 0 spiro atoms. The van der Waals surface area contributed by atoms with Crippen molar-refractivity contribution >= 4 is 34.6 Å². The highest BCUT2D eigenvalue weighted by Gasteiger charge is 2.18. The number of carbonyl (C=O) groups excluding carboxylic acids is 2. The van der Waals surface area contributed by atoms with E-state index in [0.29, 0.717) is 24.5 Å². The van der Waals surface area contributed by atoms with Gasteiger partial charge >= 0.3 is 6.03 Å². The van der Waals surface area contributed by atoms with Gasteiger partial charge in [-0.2, -0.15) is 0 Å². The highest BCUT2D eigenvalue weighted by atomic mass is 32.2. The summed E-state index contributed by atoms with van der Waals surface area (Å²) in [6, 6.07) is 8.69. The molecule has 0 saturated heterocycles. The first kappa shape index (κ1) is 21.4. The molecule has 0 bridgehead atoms. The Hall–Kier alpha value is -3.27. The average molecular weight is 432 g/mol. The third kappa shape index (κ3) is 4.82. The van der Waals surface area contributed by atoms with Crippen LogP contribution in [0.4, 0.5) is 13.6 Å². The molecule has 0 aliphatic heterocycles. The number of para-hydroxylation sites is 1. The van der Waals surface area contributed by atoms with Gasteiger partial charge in [-0.1, -0.05) is 30.8 Å². The Morgan fingerprint density at radius 2 is 1.93 bits per heavy atom. The van der Waals surface area contributed by atoms with Gasteiger partial charge in [0, 0.05) is 12.6 Å². The molecule has 30 heavy (non-hydrogen) atoms. The fourth-order valence-electron chi connectivity index (χ4n) is 2.66. The Balaban J connectivity index is 1.96. The SMILES string of the molecule is CCCNC(=O)NC(=O)CSc1nc2ccccc2c(=O)n1-c1ccc(F)cc1F. The van der Waals surface area contributed by atoms with E-state index < -0.39 is 29.1 Å². The lowest BCUT2D eigenvalue weighted by molar-refractivity contribution is -0.117. The van der Waals surface area contributed by atoms with Crippen molar-refractivity contribution in [3.8, 4) is 5.69 Å². The van der Waals surface area contributed by atoms with Crippen molar-refractivity contribution in [3.63, 3.8) is 0 Å². The van der Waals surface area contributed by atoms with Gasteiger partial charge in [0.1, 0.15) is 11.6 Å². The topological polar surface area (TPSA) is 93.1 Å². The number of aromatic nitrogens is 2. The molecule has 0 aliphatic rings. The zero-order valence-corrected chi connectivity index (χ0v) is 16.8. The van der Waals surface area contributed by atoms with Crippen LogP contribution in [0.15, 0.2) is 52.4 Å². The predicted molar refractivity (Wildman–Crippen MR) is 110 cm³/mol. The summed E-state index contributed by atoms with van der Waals surface area (Å²) in [5.41, 5.74) is -0.386. The maximum Gasteiger partial charge on any atom is 0.321 e. The van der Waals surface area contributed by atoms with Crippen molar-refractivity contribution in [1.29, 1.82) is 0 Å². The molecule has 0 atom stereocenters. The van der Waals surface area contributed by atoms with Gasteiger partial charge < -0.3 is 5.32 Å². The van der Waals surface area contributed by atoms with Crippen LogP contribution < -0.4 is 16.2 Å². The van der Waals surface area contributed by atoms with E-state index in [4.69, 9.17) is 0 Å². The predicted octanol–water partition coefficient (Wildman–Crippen LogP) is 2.99. The second kappa shape index (κ2) is 9.49. The zero-order chi connectivity index (χ0) is 21.7. The summed E-state index contributed by atoms with van der Waals surface area (Å²) in [4.78, 5) is 41.0. The van der Waals surface area contributed by atoms with E-state index in [1.807, 2.05) is 6.92 Å². The van der Waals surface area contributed by atoms with E-state index in [-0.39, 0.29) is 22.0 Å². The van der Waals surface area contributed by atoms with Crippen LogP contribution in [0.25, 0.3) is 16.6 Å². The number of hydrogen-bond donors (Lipinski definition) is 2. The highest BCUT2D eigenvalue weighted by Crippen LogP contribution is 2.23. The highest BCUT2D eigenvalue weighted by molar-refractivity contribution is 7.99. The Kier molecular flexibility index (Phi) is 6.78. The number of amides is 3. The molecule has 156 valence electrons. The molecular formula is C20H18F2N4O3S. The number of carbonyl (C=O) groups is 2. The standard InChI is InChI=1S/C20H18F2N4O3S/c1-2-9-23-19(29)25-17(27)11-30-20-24-15-6-4-3-5-13(15)18(28)26(20)16-8-7-12(21)10-14(16)22/h3-8,10H,2,9,11H2,1H3,(H2,23,25,27,29). The van der Waals surface area contributed by atoms with Crippen molar-refractivity contribution in [2.24, 2.45) is 0 Å². The van der Waals surface area contributed by atoms with E-state index in [2.05, 4.69) is 15.6 Å². The molecule has 2 aromatic carbocycles. The Morgan fingerprint density at radius 3 is 2.67 bits per heavy atom. The number of nitrogens with one attached hydrogen (secondary N) is 2. The summed E-state index contributed by atoms with van der Waals surface area (Å²) >= 11 is 0.857. The first-order valence-corrected chi connectivity index (χ1v) is 10.1. The molecule has 0 fully saturated rings. The van der Waals surface area contributed by atoms with Crippen LogP contribution in [0.2, 0.25) is 0 Å². The van der Waals surface area contributed by atoms with E-state index in [1.165, 1.54) is 0 Å². The van der Waals surface area contributed by atoms with E-state index in [0.717, 1.165) is 28.5 Å². The number of imide groups is 1. The average Bonchev–Trinajstić information content (AvgIpc) is 2.72. The molecule has 1 heterocycles. The Labute approximate surface area is 174 Å². The summed E-state index contributed by atoms with van der Waals surface area (Å²) < 4.78 is 28.8. The molecule has 10 heteroatoms. The fourth-order valence-corrected chi connectivity index (χ4v) is 3.47. The van der Waals surface area contributed by atoms with Crippen LogP contribution in [0.5, 0.6) is 0 Å². The molecular weight excluding hydrogens is 414 g/mol. The van der Waals surface area contributed by atoms with Gasteiger partial charge in [0.15, 0.2) is 5.16 Å². The second-order valence-corrected chi connectivity index (χ2v) is 7.18. The lowest BCUT2D eigenvalue weighted by Crippen LogP contribution is -2.40. The molecule has 0 aliphatic carbocycles. The monoisotopic (exact) mass is 432 g/mol. The third-order valence-corrected chi connectivity index (χ3v) is 4.96. The van der Waals surface area contributed by atoms with Crippen molar-refractivity contribution in [3.05, 3.63) is 64.5 Å². The quantitative estimate of drug-likeness (QED) is 0.462. The van der Waals surface area contributed by atoms with Crippen molar-refractivity contribution in [2.45, 2.75) is 18.5 Å². The van der Waals surface area contributed by atoms with Gasteiger partial charge in [-0.25, -0.2) is 18.6 Å². The lowest BCUT2D eigenvalue weighted by atomic mass is 10.2.